The van der Waals surface area contributed by atoms with E-state index in [1.165, 1.54) is 32.1 Å². The Morgan fingerprint density at radius 2 is 1.69 bits per heavy atom. The van der Waals surface area contributed by atoms with Crippen molar-refractivity contribution < 1.29 is 9.09 Å². The molecule has 2 unspecified atom stereocenters. The lowest BCUT2D eigenvalue weighted by molar-refractivity contribution is 0.193. The zero-order valence-corrected chi connectivity index (χ0v) is 9.84. The molecule has 0 aromatic heterocycles. The van der Waals surface area contributed by atoms with E-state index < -0.39 is 8.69 Å². The Morgan fingerprint density at radius 1 is 1.08 bits per heavy atom. The first kappa shape index (κ1) is 13.1. The highest BCUT2D eigenvalue weighted by molar-refractivity contribution is 7.17. The zero-order valence-electron chi connectivity index (χ0n) is 8.84. The maximum atomic E-state index is 10.3. The number of unbranched alkanes of at least 4 members (excludes halogenated alkanes) is 3. The normalized spacial score (nSPS) is 13.4. The van der Waals surface area contributed by atoms with Crippen LogP contribution >= 0.6 is 8.69 Å². The lowest BCUT2D eigenvalue weighted by Gasteiger charge is -2.08. The number of hydrogen-bond donors (Lipinski definition) is 0. The van der Waals surface area contributed by atoms with E-state index in [1.54, 1.807) is 0 Å². The van der Waals surface area contributed by atoms with Gasteiger partial charge in [-0.25, -0.2) is 0 Å². The second-order valence-corrected chi connectivity index (χ2v) is 3.86. The van der Waals surface area contributed by atoms with Crippen LogP contribution < -0.4 is 0 Å². The molecule has 0 amide bonds. The van der Waals surface area contributed by atoms with Crippen LogP contribution in [0.1, 0.15) is 58.8 Å². The predicted octanol–water partition coefficient (Wildman–Crippen LogP) is 4.08. The van der Waals surface area contributed by atoms with Gasteiger partial charge in [0.2, 0.25) is 0 Å². The Balaban J connectivity index is 3.47. The summed E-state index contributed by atoms with van der Waals surface area (Å²) in [5.74, 6) is 0. The lowest BCUT2D eigenvalue weighted by atomic mass is 10.1. The lowest BCUT2D eigenvalue weighted by Crippen LogP contribution is -2.07. The Labute approximate surface area is 83.3 Å². The van der Waals surface area contributed by atoms with Crippen LogP contribution in [0.4, 0.5) is 0 Å². The monoisotopic (exact) mass is 205 g/mol. The molecule has 0 aromatic carbocycles. The molecular formula is C10H22O2P+. The fourth-order valence-corrected chi connectivity index (χ4v) is 1.76. The van der Waals surface area contributed by atoms with Crippen molar-refractivity contribution in [2.75, 3.05) is 0 Å². The van der Waals surface area contributed by atoms with Crippen molar-refractivity contribution in [2.24, 2.45) is 0 Å². The summed E-state index contributed by atoms with van der Waals surface area (Å²) < 4.78 is 15.5. The standard InChI is InChI=1S/C10H22O2P/c1-3-5-7-9-10(12-13-11)8-6-4-2/h10,13H,3-9H2,1-2H3/q+1. The Kier molecular flexibility index (Phi) is 10.2. The van der Waals surface area contributed by atoms with Gasteiger partial charge < -0.3 is 0 Å². The summed E-state index contributed by atoms with van der Waals surface area (Å²) in [6.07, 6.45) is 8.45. The van der Waals surface area contributed by atoms with Crippen LogP contribution in [0.5, 0.6) is 0 Å². The van der Waals surface area contributed by atoms with Crippen LogP contribution in [0.3, 0.4) is 0 Å². The van der Waals surface area contributed by atoms with E-state index in [4.69, 9.17) is 4.52 Å². The molecule has 0 bridgehead atoms. The van der Waals surface area contributed by atoms with E-state index in [2.05, 4.69) is 13.8 Å². The minimum Gasteiger partial charge on any atom is -0.145 e. The van der Waals surface area contributed by atoms with Crippen LogP contribution in [0.25, 0.3) is 0 Å². The maximum absolute atomic E-state index is 10.3. The highest BCUT2D eigenvalue weighted by atomic mass is 31.1. The molecule has 0 fully saturated rings. The van der Waals surface area contributed by atoms with Crippen LogP contribution in [-0.2, 0) is 9.09 Å². The third-order valence-electron chi connectivity index (χ3n) is 2.22. The van der Waals surface area contributed by atoms with Gasteiger partial charge in [0.15, 0.2) is 0 Å². The highest BCUT2D eigenvalue weighted by Gasteiger charge is 2.12. The van der Waals surface area contributed by atoms with Crippen molar-refractivity contribution in [3.8, 4) is 0 Å². The average Bonchev–Trinajstić information content (AvgIpc) is 2.14. The molecule has 0 saturated carbocycles. The van der Waals surface area contributed by atoms with Gasteiger partial charge in [0.25, 0.3) is 0 Å². The Bertz CT molecular complexity index is 117. The molecule has 2 atom stereocenters. The van der Waals surface area contributed by atoms with E-state index in [1.807, 2.05) is 0 Å². The number of hydrogen-bond acceptors (Lipinski definition) is 2. The molecule has 0 aliphatic carbocycles. The van der Waals surface area contributed by atoms with Crippen molar-refractivity contribution in [3.05, 3.63) is 0 Å². The van der Waals surface area contributed by atoms with Crippen LogP contribution in [-0.4, -0.2) is 6.10 Å². The Morgan fingerprint density at radius 3 is 2.23 bits per heavy atom. The molecule has 0 saturated heterocycles. The summed E-state index contributed by atoms with van der Waals surface area (Å²) in [4.78, 5) is 0. The van der Waals surface area contributed by atoms with E-state index in [9.17, 15) is 4.57 Å². The molecule has 0 aliphatic rings. The molecular weight excluding hydrogens is 183 g/mol. The average molecular weight is 205 g/mol. The summed E-state index contributed by atoms with van der Waals surface area (Å²) in [7, 11) is -0.589. The molecule has 3 heteroatoms. The van der Waals surface area contributed by atoms with Crippen molar-refractivity contribution in [2.45, 2.75) is 64.9 Å². The first-order valence-corrected chi connectivity index (χ1v) is 6.19. The van der Waals surface area contributed by atoms with Crippen LogP contribution in [0.15, 0.2) is 0 Å². The summed E-state index contributed by atoms with van der Waals surface area (Å²) in [6, 6.07) is 0. The zero-order chi connectivity index (χ0) is 9.94. The summed E-state index contributed by atoms with van der Waals surface area (Å²) in [5, 5.41) is 0. The molecule has 0 heterocycles. The van der Waals surface area contributed by atoms with E-state index in [-0.39, 0.29) is 6.10 Å². The second-order valence-electron chi connectivity index (χ2n) is 3.46. The SMILES string of the molecule is CCCCCC(CCCC)O[PH+]=O. The van der Waals surface area contributed by atoms with Gasteiger partial charge in [-0.15, -0.1) is 4.52 Å². The molecule has 0 aliphatic heterocycles. The van der Waals surface area contributed by atoms with E-state index in [0.29, 0.717) is 0 Å². The molecule has 2 nitrogen and oxygen atoms in total. The minimum atomic E-state index is -0.589. The maximum Gasteiger partial charge on any atom is 0.494 e. The van der Waals surface area contributed by atoms with Gasteiger partial charge in [-0.05, 0) is 17.4 Å². The van der Waals surface area contributed by atoms with Gasteiger partial charge in [-0.3, -0.25) is 0 Å². The van der Waals surface area contributed by atoms with Crippen LogP contribution in [0, 0.1) is 0 Å². The van der Waals surface area contributed by atoms with Gasteiger partial charge in [-0.1, -0.05) is 46.0 Å². The van der Waals surface area contributed by atoms with Gasteiger partial charge >= 0.3 is 8.69 Å². The van der Waals surface area contributed by atoms with E-state index >= 15 is 0 Å². The second kappa shape index (κ2) is 10.1. The molecule has 0 radical (unpaired) electrons. The first-order valence-electron chi connectivity index (χ1n) is 5.37. The minimum absolute atomic E-state index is 0.238. The van der Waals surface area contributed by atoms with Crippen molar-refractivity contribution in [1.82, 2.24) is 0 Å². The van der Waals surface area contributed by atoms with Gasteiger partial charge in [0.1, 0.15) is 6.10 Å². The van der Waals surface area contributed by atoms with Gasteiger partial charge in [0, 0.05) is 0 Å². The molecule has 78 valence electrons. The van der Waals surface area contributed by atoms with Crippen molar-refractivity contribution in [1.29, 1.82) is 0 Å². The topological polar surface area (TPSA) is 26.3 Å². The molecule has 0 aromatic rings. The summed E-state index contributed by atoms with van der Waals surface area (Å²) in [5.41, 5.74) is 0. The van der Waals surface area contributed by atoms with Crippen molar-refractivity contribution in [3.63, 3.8) is 0 Å². The molecule has 0 rings (SSSR count). The third kappa shape index (κ3) is 8.39. The molecule has 0 spiro atoms. The fourth-order valence-electron chi connectivity index (χ4n) is 1.38. The largest absolute Gasteiger partial charge is 0.494 e. The number of rotatable bonds is 9. The summed E-state index contributed by atoms with van der Waals surface area (Å²) >= 11 is 0. The molecule has 0 N–H and O–H groups in total. The van der Waals surface area contributed by atoms with E-state index in [0.717, 1.165) is 12.8 Å². The first-order chi connectivity index (χ1) is 6.35. The van der Waals surface area contributed by atoms with Gasteiger partial charge in [-0.2, -0.15) is 0 Å². The summed E-state index contributed by atoms with van der Waals surface area (Å²) in [6.45, 7) is 4.36. The highest BCUT2D eigenvalue weighted by Crippen LogP contribution is 2.17. The molecule has 13 heavy (non-hydrogen) atoms. The van der Waals surface area contributed by atoms with Gasteiger partial charge in [0.05, 0.1) is 0 Å². The third-order valence-corrected chi connectivity index (χ3v) is 2.65. The predicted molar refractivity (Wildman–Crippen MR) is 57.5 cm³/mol. The van der Waals surface area contributed by atoms with Crippen LogP contribution in [0.2, 0.25) is 0 Å². The quantitative estimate of drug-likeness (QED) is 0.418. The Hall–Kier alpha value is 0.0600. The fraction of sp³-hybridized carbons (Fsp3) is 1.00. The smallest absolute Gasteiger partial charge is 0.145 e. The van der Waals surface area contributed by atoms with Crippen molar-refractivity contribution >= 4 is 8.69 Å².